The van der Waals surface area contributed by atoms with Gasteiger partial charge < -0.3 is 25.0 Å². The molecule has 1 aromatic carbocycles. The summed E-state index contributed by atoms with van der Waals surface area (Å²) in [5.41, 5.74) is 2.67. The number of H-pyrrole nitrogens is 1. The zero-order valence-corrected chi connectivity index (χ0v) is 16.2. The molecule has 0 unspecified atom stereocenters. The summed E-state index contributed by atoms with van der Waals surface area (Å²) in [6.07, 6.45) is -4.39. The summed E-state index contributed by atoms with van der Waals surface area (Å²) in [5, 5.41) is 35.4. The van der Waals surface area contributed by atoms with E-state index in [1.54, 1.807) is 6.07 Å². The minimum Gasteiger partial charge on any atom is -0.394 e. The van der Waals surface area contributed by atoms with Crippen LogP contribution in [0, 0.1) is 0 Å². The van der Waals surface area contributed by atoms with E-state index in [1.165, 1.54) is 11.3 Å². The van der Waals surface area contributed by atoms with Crippen molar-refractivity contribution >= 4 is 57.0 Å². The van der Waals surface area contributed by atoms with E-state index in [1.807, 2.05) is 16.8 Å². The van der Waals surface area contributed by atoms with Gasteiger partial charge in [-0.05, 0) is 28.5 Å². The predicted molar refractivity (Wildman–Crippen MR) is 103 cm³/mol. The number of aliphatic hydroxyl groups excluding tert-OH is 3. The number of benzene rings is 1. The van der Waals surface area contributed by atoms with Crippen molar-refractivity contribution in [3.8, 4) is 11.1 Å². The molecular formula is C17H14Cl3NO4S. The van der Waals surface area contributed by atoms with Crippen molar-refractivity contribution in [2.24, 2.45) is 0 Å². The van der Waals surface area contributed by atoms with Gasteiger partial charge in [0.1, 0.15) is 29.6 Å². The molecule has 26 heavy (non-hydrogen) atoms. The van der Waals surface area contributed by atoms with Crippen LogP contribution < -0.4 is 0 Å². The molecule has 3 aromatic rings. The minimum atomic E-state index is -1.27. The molecule has 1 aliphatic heterocycles. The van der Waals surface area contributed by atoms with E-state index in [0.717, 1.165) is 5.56 Å². The fraction of sp³-hybridized carbons (Fsp3) is 0.294. The maximum Gasteiger partial charge on any atom is 0.115 e. The first kappa shape index (κ1) is 18.5. The van der Waals surface area contributed by atoms with E-state index in [-0.39, 0.29) is 10.0 Å². The molecule has 3 heterocycles. The summed E-state index contributed by atoms with van der Waals surface area (Å²) in [4.78, 5) is 3.08. The topological polar surface area (TPSA) is 85.7 Å². The molecule has 2 aromatic heterocycles. The maximum absolute atomic E-state index is 10.5. The molecule has 0 bridgehead atoms. The fourth-order valence-electron chi connectivity index (χ4n) is 3.39. The van der Waals surface area contributed by atoms with Crippen LogP contribution in [0.2, 0.25) is 15.2 Å². The van der Waals surface area contributed by atoms with Crippen LogP contribution in [-0.4, -0.2) is 45.2 Å². The van der Waals surface area contributed by atoms with Gasteiger partial charge in [0.05, 0.1) is 16.7 Å². The van der Waals surface area contributed by atoms with Gasteiger partial charge in [0.25, 0.3) is 0 Å². The highest BCUT2D eigenvalue weighted by Crippen LogP contribution is 2.48. The molecule has 4 N–H and O–H groups in total. The van der Waals surface area contributed by atoms with Gasteiger partial charge in [-0.15, -0.1) is 0 Å². The molecule has 4 atom stereocenters. The smallest absolute Gasteiger partial charge is 0.115 e. The summed E-state index contributed by atoms with van der Waals surface area (Å²) in [6, 6.07) is 3.58. The number of rotatable bonds is 3. The summed E-state index contributed by atoms with van der Waals surface area (Å²) in [6.45, 7) is -0.429. The Hall–Kier alpha value is -0.830. The van der Waals surface area contributed by atoms with Crippen molar-refractivity contribution < 1.29 is 20.1 Å². The number of hydrogen-bond acceptors (Lipinski definition) is 5. The zero-order valence-electron chi connectivity index (χ0n) is 13.1. The van der Waals surface area contributed by atoms with Crippen molar-refractivity contribution in [2.45, 2.75) is 24.4 Å². The lowest BCUT2D eigenvalue weighted by atomic mass is 9.95. The second kappa shape index (κ2) is 6.96. The number of hydrogen-bond donors (Lipinski definition) is 4. The highest BCUT2D eigenvalue weighted by molar-refractivity contribution is 7.08. The van der Waals surface area contributed by atoms with Crippen LogP contribution in [0.4, 0.5) is 0 Å². The standard InChI is InChI=1S/C17H14Cl3NO4S/c18-7-3-8-11(10(17(20)21-8)6-1-2-26-5-6)12(13(7)19)16-15(24)14(23)9(4-22)25-16/h1-3,5,9,14-16,21-24H,4H2/t9-,14-,15-,16+/m1/s1. The van der Waals surface area contributed by atoms with E-state index >= 15 is 0 Å². The van der Waals surface area contributed by atoms with Crippen LogP contribution in [0.25, 0.3) is 22.0 Å². The van der Waals surface area contributed by atoms with Gasteiger partial charge in [0, 0.05) is 22.0 Å². The van der Waals surface area contributed by atoms with Crippen LogP contribution in [0.5, 0.6) is 0 Å². The van der Waals surface area contributed by atoms with E-state index in [2.05, 4.69) is 4.98 Å². The third-order valence-corrected chi connectivity index (χ3v) is 6.38. The van der Waals surface area contributed by atoms with Crippen molar-refractivity contribution in [1.82, 2.24) is 4.98 Å². The van der Waals surface area contributed by atoms with E-state index in [0.29, 0.717) is 27.2 Å². The van der Waals surface area contributed by atoms with E-state index in [9.17, 15) is 15.3 Å². The summed E-state index contributed by atoms with van der Waals surface area (Å²) >= 11 is 20.7. The molecule has 4 rings (SSSR count). The highest BCUT2D eigenvalue weighted by atomic mass is 35.5. The molecule has 1 aliphatic rings. The lowest BCUT2D eigenvalue weighted by Gasteiger charge is -2.19. The Balaban J connectivity index is 2.01. The molecule has 138 valence electrons. The third-order valence-electron chi connectivity index (χ3n) is 4.61. The first-order valence-electron chi connectivity index (χ1n) is 7.78. The van der Waals surface area contributed by atoms with Gasteiger partial charge in [-0.3, -0.25) is 0 Å². The number of ether oxygens (including phenoxy) is 1. The Morgan fingerprint density at radius 1 is 1.19 bits per heavy atom. The summed E-state index contributed by atoms with van der Waals surface area (Å²) in [7, 11) is 0. The molecule has 9 heteroatoms. The van der Waals surface area contributed by atoms with Gasteiger partial charge in [0.15, 0.2) is 0 Å². The average molecular weight is 435 g/mol. The number of aromatic nitrogens is 1. The van der Waals surface area contributed by atoms with Crippen LogP contribution in [0.1, 0.15) is 11.7 Å². The second-order valence-corrected chi connectivity index (χ2v) is 8.04. The normalized spacial score (nSPS) is 26.1. The van der Waals surface area contributed by atoms with Gasteiger partial charge in [0.2, 0.25) is 0 Å². The number of thiophene rings is 1. The second-order valence-electron chi connectivity index (χ2n) is 6.09. The third kappa shape index (κ3) is 2.77. The molecule has 0 aliphatic carbocycles. The van der Waals surface area contributed by atoms with Gasteiger partial charge >= 0.3 is 0 Å². The SMILES string of the molecule is OC[C@H]1O[C@@H](c2c(Cl)c(Cl)cc3[nH]c(Cl)c(-c4ccsc4)c23)[C@H](O)[C@@H]1O. The number of halogens is 3. The van der Waals surface area contributed by atoms with Crippen LogP contribution in [-0.2, 0) is 4.74 Å². The lowest BCUT2D eigenvalue weighted by molar-refractivity contribution is -0.0223. The first-order valence-corrected chi connectivity index (χ1v) is 9.85. The number of nitrogens with one attached hydrogen (secondary N) is 1. The monoisotopic (exact) mass is 433 g/mol. The van der Waals surface area contributed by atoms with Crippen LogP contribution in [0.3, 0.4) is 0 Å². The lowest BCUT2D eigenvalue weighted by Crippen LogP contribution is -2.32. The highest BCUT2D eigenvalue weighted by Gasteiger charge is 2.45. The summed E-state index contributed by atoms with van der Waals surface area (Å²) in [5.74, 6) is 0. The van der Waals surface area contributed by atoms with Gasteiger partial charge in [-0.25, -0.2) is 0 Å². The Kier molecular flexibility index (Phi) is 4.96. The van der Waals surface area contributed by atoms with Crippen molar-refractivity contribution in [3.05, 3.63) is 43.7 Å². The maximum atomic E-state index is 10.5. The molecule has 0 radical (unpaired) electrons. The van der Waals surface area contributed by atoms with Crippen LogP contribution >= 0.6 is 46.1 Å². The van der Waals surface area contributed by atoms with Crippen molar-refractivity contribution in [3.63, 3.8) is 0 Å². The van der Waals surface area contributed by atoms with E-state index in [4.69, 9.17) is 39.5 Å². The molecule has 0 spiro atoms. The number of aliphatic hydroxyl groups is 3. The predicted octanol–water partition coefficient (Wildman–Crippen LogP) is 4.01. The molecule has 0 amide bonds. The fourth-order valence-corrected chi connectivity index (χ4v) is 4.81. The Morgan fingerprint density at radius 2 is 1.96 bits per heavy atom. The number of aromatic amines is 1. The van der Waals surface area contributed by atoms with Crippen molar-refractivity contribution in [1.29, 1.82) is 0 Å². The van der Waals surface area contributed by atoms with Gasteiger partial charge in [-0.1, -0.05) is 34.8 Å². The molecule has 1 saturated heterocycles. The van der Waals surface area contributed by atoms with Gasteiger partial charge in [-0.2, -0.15) is 11.3 Å². The Morgan fingerprint density at radius 3 is 2.58 bits per heavy atom. The molecule has 5 nitrogen and oxygen atoms in total. The average Bonchev–Trinajstić information content (AvgIpc) is 3.30. The quantitative estimate of drug-likeness (QED) is 0.502. The number of fused-ring (bicyclic) bond motifs is 1. The van der Waals surface area contributed by atoms with Crippen LogP contribution in [0.15, 0.2) is 22.9 Å². The minimum absolute atomic E-state index is 0.209. The zero-order chi connectivity index (χ0) is 18.6. The molecular weight excluding hydrogens is 421 g/mol. The van der Waals surface area contributed by atoms with Crippen molar-refractivity contribution in [2.75, 3.05) is 6.61 Å². The Bertz CT molecular complexity index is 959. The van der Waals surface area contributed by atoms with E-state index < -0.39 is 31.0 Å². The Labute approximate surface area is 167 Å². The first-order chi connectivity index (χ1) is 12.4. The summed E-state index contributed by atoms with van der Waals surface area (Å²) < 4.78 is 5.70. The molecule has 0 saturated carbocycles. The largest absolute Gasteiger partial charge is 0.394 e. The molecule has 1 fully saturated rings.